The highest BCUT2D eigenvalue weighted by molar-refractivity contribution is 5.95. The van der Waals surface area contributed by atoms with Crippen molar-refractivity contribution in [3.05, 3.63) is 65.7 Å². The zero-order valence-electron chi connectivity index (χ0n) is 27.5. The smallest absolute Gasteiger partial charge is 0.408 e. The summed E-state index contributed by atoms with van der Waals surface area (Å²) in [7, 11) is 4.36. The third-order valence-electron chi connectivity index (χ3n) is 7.96. The Hall–Kier alpha value is -4.61. The number of hydrogen-bond acceptors (Lipinski definition) is 8. The highest BCUT2D eigenvalue weighted by Gasteiger charge is 2.41. The molecule has 4 amide bonds. The van der Waals surface area contributed by atoms with E-state index in [4.69, 9.17) is 14.2 Å². The second-order valence-electron chi connectivity index (χ2n) is 11.8. The zero-order valence-corrected chi connectivity index (χ0v) is 27.5. The Bertz CT molecular complexity index is 1330. The van der Waals surface area contributed by atoms with E-state index in [9.17, 15) is 24.0 Å². The molecule has 3 rings (SSSR count). The molecule has 1 saturated heterocycles. The first-order valence-corrected chi connectivity index (χ1v) is 15.5. The largest absolute Gasteiger partial charge is 0.497 e. The molecule has 1 aliphatic rings. The van der Waals surface area contributed by atoms with Gasteiger partial charge in [0.05, 0.1) is 14.2 Å². The quantitative estimate of drug-likeness (QED) is 0.301. The van der Waals surface area contributed by atoms with Crippen LogP contribution in [0.5, 0.6) is 5.75 Å². The summed E-state index contributed by atoms with van der Waals surface area (Å²) in [5.41, 5.74) is 1.61. The maximum absolute atomic E-state index is 13.9. The number of esters is 1. The van der Waals surface area contributed by atoms with E-state index in [0.29, 0.717) is 31.6 Å². The number of amides is 4. The summed E-state index contributed by atoms with van der Waals surface area (Å²) < 4.78 is 15.5. The van der Waals surface area contributed by atoms with Crippen LogP contribution in [-0.2, 0) is 41.7 Å². The van der Waals surface area contributed by atoms with Gasteiger partial charge in [0.1, 0.15) is 36.5 Å². The van der Waals surface area contributed by atoms with Crippen LogP contribution >= 0.6 is 0 Å². The molecule has 1 aliphatic heterocycles. The van der Waals surface area contributed by atoms with E-state index < -0.39 is 48.0 Å². The number of benzene rings is 2. The molecule has 46 heavy (non-hydrogen) atoms. The lowest BCUT2D eigenvalue weighted by molar-refractivity contribution is -0.154. The fourth-order valence-electron chi connectivity index (χ4n) is 5.37. The molecule has 0 unspecified atom stereocenters. The third-order valence-corrected chi connectivity index (χ3v) is 7.96. The van der Waals surface area contributed by atoms with E-state index in [-0.39, 0.29) is 24.9 Å². The fourth-order valence-corrected chi connectivity index (χ4v) is 5.37. The van der Waals surface area contributed by atoms with Gasteiger partial charge < -0.3 is 34.6 Å². The Morgan fingerprint density at radius 1 is 0.935 bits per heavy atom. The van der Waals surface area contributed by atoms with E-state index in [2.05, 4.69) is 10.6 Å². The van der Waals surface area contributed by atoms with Crippen molar-refractivity contribution in [2.45, 2.75) is 77.2 Å². The minimum Gasteiger partial charge on any atom is -0.497 e. The third kappa shape index (κ3) is 9.95. The predicted molar refractivity (Wildman–Crippen MR) is 171 cm³/mol. The molecule has 2 aromatic carbocycles. The van der Waals surface area contributed by atoms with Gasteiger partial charge in [-0.25, -0.2) is 9.59 Å². The van der Waals surface area contributed by atoms with Crippen LogP contribution < -0.4 is 15.4 Å². The number of likely N-dealkylation sites (N-methyl/N-ethyl adjacent to an activating group) is 1. The highest BCUT2D eigenvalue weighted by Crippen LogP contribution is 2.24. The lowest BCUT2D eigenvalue weighted by Crippen LogP contribution is -2.57. The molecule has 2 aromatic rings. The van der Waals surface area contributed by atoms with E-state index in [1.807, 2.05) is 56.3 Å². The molecule has 0 bridgehead atoms. The first-order chi connectivity index (χ1) is 21.9. The van der Waals surface area contributed by atoms with Gasteiger partial charge in [0.2, 0.25) is 17.7 Å². The van der Waals surface area contributed by atoms with Gasteiger partial charge in [0, 0.05) is 20.0 Å². The van der Waals surface area contributed by atoms with Gasteiger partial charge in [-0.3, -0.25) is 14.4 Å². The molecule has 0 saturated carbocycles. The number of rotatable bonds is 14. The van der Waals surface area contributed by atoms with E-state index >= 15 is 0 Å². The van der Waals surface area contributed by atoms with Crippen molar-refractivity contribution in [2.24, 2.45) is 5.92 Å². The van der Waals surface area contributed by atoms with E-state index in [1.54, 1.807) is 19.2 Å². The number of hydrogen-bond donors (Lipinski definition) is 2. The average Bonchev–Trinajstić information content (AvgIpc) is 3.55. The molecule has 0 radical (unpaired) electrons. The maximum atomic E-state index is 13.9. The van der Waals surface area contributed by atoms with Crippen LogP contribution in [0.3, 0.4) is 0 Å². The van der Waals surface area contributed by atoms with Gasteiger partial charge in [0.15, 0.2) is 0 Å². The van der Waals surface area contributed by atoms with E-state index in [1.165, 1.54) is 30.9 Å². The highest BCUT2D eigenvalue weighted by atomic mass is 16.5. The predicted octanol–water partition coefficient (Wildman–Crippen LogP) is 3.07. The van der Waals surface area contributed by atoms with Crippen LogP contribution in [0.4, 0.5) is 4.79 Å². The Morgan fingerprint density at radius 2 is 1.61 bits per heavy atom. The molecule has 0 aliphatic carbocycles. The Balaban J connectivity index is 1.68. The molecular formula is C34H46N4O8. The van der Waals surface area contributed by atoms with Crippen LogP contribution in [0.1, 0.15) is 51.2 Å². The fraction of sp³-hybridized carbons (Fsp3) is 0.500. The molecule has 2 N–H and O–H groups in total. The number of methoxy groups -OCH3 is 2. The molecule has 12 heteroatoms. The topological polar surface area (TPSA) is 144 Å². The number of carbonyl (C=O) groups excluding carboxylic acids is 5. The number of carbonyl (C=O) groups is 5. The van der Waals surface area contributed by atoms with Crippen LogP contribution in [0.2, 0.25) is 0 Å². The maximum Gasteiger partial charge on any atom is 0.408 e. The average molecular weight is 639 g/mol. The summed E-state index contributed by atoms with van der Waals surface area (Å²) >= 11 is 0. The van der Waals surface area contributed by atoms with Gasteiger partial charge >= 0.3 is 12.1 Å². The zero-order chi connectivity index (χ0) is 33.8. The van der Waals surface area contributed by atoms with Crippen molar-refractivity contribution >= 4 is 29.8 Å². The van der Waals surface area contributed by atoms with Gasteiger partial charge in [0.25, 0.3) is 0 Å². The molecule has 1 fully saturated rings. The van der Waals surface area contributed by atoms with Gasteiger partial charge in [-0.05, 0) is 55.4 Å². The van der Waals surface area contributed by atoms with Gasteiger partial charge in [-0.1, -0.05) is 56.3 Å². The number of alkyl carbamates (subject to hydrolysis) is 1. The molecule has 250 valence electrons. The monoisotopic (exact) mass is 638 g/mol. The van der Waals surface area contributed by atoms with Crippen molar-refractivity contribution in [1.82, 2.24) is 20.4 Å². The Morgan fingerprint density at radius 3 is 2.22 bits per heavy atom. The van der Waals surface area contributed by atoms with Crippen molar-refractivity contribution in [1.29, 1.82) is 0 Å². The van der Waals surface area contributed by atoms with Crippen LogP contribution in [0.25, 0.3) is 0 Å². The summed E-state index contributed by atoms with van der Waals surface area (Å²) in [6.07, 6.45) is 0.778. The lowest BCUT2D eigenvalue weighted by Gasteiger charge is -2.34. The second-order valence-corrected chi connectivity index (χ2v) is 11.8. The number of nitrogens with one attached hydrogen (secondary N) is 2. The summed E-state index contributed by atoms with van der Waals surface area (Å²) in [5.74, 6) is -1.20. The molecule has 0 aromatic heterocycles. The minimum atomic E-state index is -0.980. The lowest BCUT2D eigenvalue weighted by atomic mass is 10.0. The van der Waals surface area contributed by atoms with Crippen molar-refractivity contribution < 1.29 is 38.2 Å². The Kier molecular flexibility index (Phi) is 13.4. The van der Waals surface area contributed by atoms with Crippen LogP contribution in [-0.4, -0.2) is 91.6 Å². The molecule has 12 nitrogen and oxygen atoms in total. The standard InChI is InChI=1S/C34H46N4O8/c1-22(2)19-27(36-30(39)23(3)35-34(43)46-21-25-11-8-7-9-12-25)31(40)38-18-10-13-28(38)32(41)37(4)29(33(42)45-6)20-24-14-16-26(44-5)17-15-24/h7-9,11-12,14-17,22-23,27-29H,10,13,18-21H2,1-6H3,(H,35,43)(H,36,39)/t23-,27+,28+,29+/m1/s1. The summed E-state index contributed by atoms with van der Waals surface area (Å²) in [6.45, 7) is 5.73. The number of ether oxygens (including phenoxy) is 3. The SMILES string of the molecule is COC(=O)[C@H](Cc1ccc(OC)cc1)N(C)C(=O)[C@@H]1CCCN1C(=O)[C@H](CC(C)C)NC(=O)[C@@H](C)NC(=O)OCc1ccccc1. The first-order valence-electron chi connectivity index (χ1n) is 15.5. The molecule has 1 heterocycles. The molecule has 0 spiro atoms. The van der Waals surface area contributed by atoms with Gasteiger partial charge in [-0.15, -0.1) is 0 Å². The van der Waals surface area contributed by atoms with Crippen LogP contribution in [0.15, 0.2) is 54.6 Å². The minimum absolute atomic E-state index is 0.0426. The van der Waals surface area contributed by atoms with Crippen molar-refractivity contribution in [3.8, 4) is 5.75 Å². The van der Waals surface area contributed by atoms with E-state index in [0.717, 1.165) is 11.1 Å². The second kappa shape index (κ2) is 17.2. The summed E-state index contributed by atoms with van der Waals surface area (Å²) in [6, 6.07) is 12.7. The summed E-state index contributed by atoms with van der Waals surface area (Å²) in [4.78, 5) is 68.8. The van der Waals surface area contributed by atoms with Gasteiger partial charge in [-0.2, -0.15) is 0 Å². The Labute approximate surface area is 270 Å². The molecular weight excluding hydrogens is 592 g/mol. The van der Waals surface area contributed by atoms with Crippen molar-refractivity contribution in [2.75, 3.05) is 27.8 Å². The first kappa shape index (κ1) is 35.9. The number of nitrogens with zero attached hydrogens (tertiary/aromatic N) is 2. The van der Waals surface area contributed by atoms with Crippen molar-refractivity contribution in [3.63, 3.8) is 0 Å². The molecule has 4 atom stereocenters. The summed E-state index contributed by atoms with van der Waals surface area (Å²) in [5, 5.41) is 5.28. The van der Waals surface area contributed by atoms with Crippen LogP contribution in [0, 0.1) is 5.92 Å². The normalized spacial score (nSPS) is 16.2. The number of likely N-dealkylation sites (tertiary alicyclic amines) is 1.